The van der Waals surface area contributed by atoms with Gasteiger partial charge in [0.2, 0.25) is 0 Å². The first-order valence-corrected chi connectivity index (χ1v) is 7.14. The topological polar surface area (TPSA) is 51.8 Å². The Kier molecular flexibility index (Phi) is 4.65. The molecule has 3 nitrogen and oxygen atoms in total. The summed E-state index contributed by atoms with van der Waals surface area (Å²) >= 11 is 5.11. The smallest absolute Gasteiger partial charge is 0.121 e. The number of benzene rings is 1. The normalized spacial score (nSPS) is 10.7. The molecule has 0 saturated heterocycles. The van der Waals surface area contributed by atoms with Crippen molar-refractivity contribution in [3.05, 3.63) is 44.3 Å². The maximum atomic E-state index is 5.47. The van der Waals surface area contributed by atoms with E-state index in [9.17, 15) is 0 Å². The van der Waals surface area contributed by atoms with Gasteiger partial charge in [-0.25, -0.2) is 0 Å². The fraction of sp³-hybridized carbons (Fsp3) is 0.333. The van der Waals surface area contributed by atoms with Gasteiger partial charge in [0.15, 0.2) is 0 Å². The van der Waals surface area contributed by atoms with E-state index in [2.05, 4.69) is 38.3 Å². The first-order valence-electron chi connectivity index (χ1n) is 5.53. The van der Waals surface area contributed by atoms with Gasteiger partial charge in [0.25, 0.3) is 0 Å². The lowest BCUT2D eigenvalue weighted by atomic mass is 10.2. The second-order valence-corrected chi connectivity index (χ2v) is 5.85. The number of aromatic nitrogens is 2. The molecule has 0 radical (unpaired) electrons. The number of nitrogens with zero attached hydrogens (tertiary/aromatic N) is 2. The number of hydrogen-bond donors (Lipinski definition) is 1. The predicted molar refractivity (Wildman–Crippen MR) is 74.2 cm³/mol. The molecule has 2 aromatic rings. The van der Waals surface area contributed by atoms with Gasteiger partial charge in [-0.3, -0.25) is 0 Å². The van der Waals surface area contributed by atoms with Crippen LogP contribution in [0.1, 0.15) is 22.0 Å². The summed E-state index contributed by atoms with van der Waals surface area (Å²) in [5, 5.41) is 10.5. The van der Waals surface area contributed by atoms with Crippen LogP contribution in [-0.2, 0) is 12.8 Å². The molecule has 17 heavy (non-hydrogen) atoms. The number of rotatable bonds is 5. The second kappa shape index (κ2) is 6.23. The maximum absolute atomic E-state index is 5.47. The first-order chi connectivity index (χ1) is 8.28. The molecule has 1 aromatic carbocycles. The molecule has 0 aliphatic carbocycles. The van der Waals surface area contributed by atoms with E-state index in [1.165, 1.54) is 5.56 Å². The highest BCUT2D eigenvalue weighted by molar-refractivity contribution is 9.10. The molecule has 90 valence electrons. The zero-order chi connectivity index (χ0) is 12.1. The van der Waals surface area contributed by atoms with Crippen LogP contribution in [0.2, 0.25) is 0 Å². The minimum Gasteiger partial charge on any atom is -0.330 e. The van der Waals surface area contributed by atoms with Crippen molar-refractivity contribution in [2.75, 3.05) is 6.54 Å². The summed E-state index contributed by atoms with van der Waals surface area (Å²) < 4.78 is 1.10. The summed E-state index contributed by atoms with van der Waals surface area (Å²) in [6, 6.07) is 8.30. The fourth-order valence-corrected chi connectivity index (χ4v) is 2.68. The Balaban J connectivity index is 1.98. The van der Waals surface area contributed by atoms with Crippen LogP contribution >= 0.6 is 27.3 Å². The fourth-order valence-electron chi connectivity index (χ4n) is 1.49. The summed E-state index contributed by atoms with van der Waals surface area (Å²) in [4.78, 5) is 0. The summed E-state index contributed by atoms with van der Waals surface area (Å²) in [5.41, 5.74) is 6.73. The Morgan fingerprint density at radius 2 is 1.82 bits per heavy atom. The van der Waals surface area contributed by atoms with Crippen molar-refractivity contribution in [3.63, 3.8) is 0 Å². The van der Waals surface area contributed by atoms with Crippen molar-refractivity contribution < 1.29 is 0 Å². The molecule has 5 heteroatoms. The van der Waals surface area contributed by atoms with Crippen molar-refractivity contribution in [3.8, 4) is 0 Å². The van der Waals surface area contributed by atoms with Gasteiger partial charge in [-0.1, -0.05) is 28.1 Å². The molecule has 2 N–H and O–H groups in total. The van der Waals surface area contributed by atoms with E-state index in [1.807, 2.05) is 12.1 Å². The number of halogens is 1. The SMILES string of the molecule is NCCCc1nnc(Cc2ccc(Br)cc2)s1. The lowest BCUT2D eigenvalue weighted by Crippen LogP contribution is -1.99. The Morgan fingerprint density at radius 3 is 2.53 bits per heavy atom. The summed E-state index contributed by atoms with van der Waals surface area (Å²) in [7, 11) is 0. The molecule has 2 rings (SSSR count). The minimum atomic E-state index is 0.710. The van der Waals surface area contributed by atoms with Crippen molar-refractivity contribution in [2.45, 2.75) is 19.3 Å². The lowest BCUT2D eigenvalue weighted by molar-refractivity contribution is 0.809. The van der Waals surface area contributed by atoms with E-state index in [0.29, 0.717) is 6.54 Å². The molecule has 0 aliphatic rings. The minimum absolute atomic E-state index is 0.710. The van der Waals surface area contributed by atoms with E-state index in [-0.39, 0.29) is 0 Å². The third-order valence-electron chi connectivity index (χ3n) is 2.37. The number of nitrogens with two attached hydrogens (primary N) is 1. The number of aryl methyl sites for hydroxylation is 1. The molecule has 1 heterocycles. The largest absolute Gasteiger partial charge is 0.330 e. The second-order valence-electron chi connectivity index (χ2n) is 3.79. The predicted octanol–water partition coefficient (Wildman–Crippen LogP) is 2.78. The van der Waals surface area contributed by atoms with Gasteiger partial charge in [0.05, 0.1) is 0 Å². The highest BCUT2D eigenvalue weighted by atomic mass is 79.9. The van der Waals surface area contributed by atoms with Gasteiger partial charge < -0.3 is 5.73 Å². The Labute approximate surface area is 113 Å². The third-order valence-corrected chi connectivity index (χ3v) is 3.88. The molecule has 0 unspecified atom stereocenters. The van der Waals surface area contributed by atoms with Crippen molar-refractivity contribution in [2.24, 2.45) is 5.73 Å². The average molecular weight is 312 g/mol. The molecule has 0 amide bonds. The van der Waals surface area contributed by atoms with Gasteiger partial charge in [0, 0.05) is 17.3 Å². The zero-order valence-corrected chi connectivity index (χ0v) is 11.8. The van der Waals surface area contributed by atoms with E-state index < -0.39 is 0 Å². The molecular weight excluding hydrogens is 298 g/mol. The van der Waals surface area contributed by atoms with Crippen LogP contribution in [0.15, 0.2) is 28.7 Å². The van der Waals surface area contributed by atoms with Crippen molar-refractivity contribution in [1.29, 1.82) is 0 Å². The third kappa shape index (κ3) is 3.87. The summed E-state index contributed by atoms with van der Waals surface area (Å²) in [6.45, 7) is 0.710. The molecule has 0 saturated carbocycles. The van der Waals surface area contributed by atoms with Crippen LogP contribution in [-0.4, -0.2) is 16.7 Å². The highest BCUT2D eigenvalue weighted by Gasteiger charge is 2.04. The van der Waals surface area contributed by atoms with Crippen LogP contribution in [0.25, 0.3) is 0 Å². The Bertz CT molecular complexity index is 467. The van der Waals surface area contributed by atoms with E-state index in [4.69, 9.17) is 5.73 Å². The van der Waals surface area contributed by atoms with Crippen molar-refractivity contribution in [1.82, 2.24) is 10.2 Å². The average Bonchev–Trinajstić information content (AvgIpc) is 2.77. The van der Waals surface area contributed by atoms with E-state index in [0.717, 1.165) is 33.8 Å². The molecular formula is C12H14BrN3S. The monoisotopic (exact) mass is 311 g/mol. The zero-order valence-electron chi connectivity index (χ0n) is 9.40. The van der Waals surface area contributed by atoms with Gasteiger partial charge in [-0.2, -0.15) is 0 Å². The van der Waals surface area contributed by atoms with Gasteiger partial charge >= 0.3 is 0 Å². The van der Waals surface area contributed by atoms with Crippen LogP contribution in [0, 0.1) is 0 Å². The quantitative estimate of drug-likeness (QED) is 0.923. The Hall–Kier alpha value is -0.780. The van der Waals surface area contributed by atoms with Crippen LogP contribution < -0.4 is 5.73 Å². The van der Waals surface area contributed by atoms with Crippen LogP contribution in [0.3, 0.4) is 0 Å². The molecule has 1 aromatic heterocycles. The maximum Gasteiger partial charge on any atom is 0.121 e. The molecule has 0 fully saturated rings. The van der Waals surface area contributed by atoms with Gasteiger partial charge in [0.1, 0.15) is 10.0 Å². The molecule has 0 spiro atoms. The van der Waals surface area contributed by atoms with Crippen LogP contribution in [0.4, 0.5) is 0 Å². The lowest BCUT2D eigenvalue weighted by Gasteiger charge is -1.97. The van der Waals surface area contributed by atoms with E-state index >= 15 is 0 Å². The van der Waals surface area contributed by atoms with Gasteiger partial charge in [-0.05, 0) is 30.7 Å². The van der Waals surface area contributed by atoms with Gasteiger partial charge in [-0.15, -0.1) is 21.5 Å². The van der Waals surface area contributed by atoms with Crippen molar-refractivity contribution >= 4 is 27.3 Å². The molecule has 0 atom stereocenters. The summed E-state index contributed by atoms with van der Waals surface area (Å²) in [5.74, 6) is 0. The standard InChI is InChI=1S/C12H14BrN3S/c13-10-5-3-9(4-6-10)8-12-16-15-11(17-12)2-1-7-14/h3-6H,1-2,7-8,14H2. The highest BCUT2D eigenvalue weighted by Crippen LogP contribution is 2.17. The van der Waals surface area contributed by atoms with Crippen LogP contribution in [0.5, 0.6) is 0 Å². The number of hydrogen-bond acceptors (Lipinski definition) is 4. The molecule has 0 aliphatic heterocycles. The summed E-state index contributed by atoms with van der Waals surface area (Å²) in [6.07, 6.45) is 2.77. The Morgan fingerprint density at radius 1 is 1.12 bits per heavy atom. The molecule has 0 bridgehead atoms. The van der Waals surface area contributed by atoms with E-state index in [1.54, 1.807) is 11.3 Å². The first kappa shape index (κ1) is 12.7.